The average Bonchev–Trinajstić information content (AvgIpc) is 3.06. The van der Waals surface area contributed by atoms with Crippen molar-refractivity contribution in [3.63, 3.8) is 0 Å². The molecular formula is C20H31N7O. The van der Waals surface area contributed by atoms with Gasteiger partial charge in [-0.2, -0.15) is 0 Å². The molecule has 2 aliphatic rings. The average molecular weight is 386 g/mol. The van der Waals surface area contributed by atoms with Crippen LogP contribution in [-0.2, 0) is 20.1 Å². The highest BCUT2D eigenvalue weighted by atomic mass is 16.3. The van der Waals surface area contributed by atoms with Gasteiger partial charge in [0.15, 0.2) is 0 Å². The Balaban J connectivity index is 1.40. The number of hydrogen-bond donors (Lipinski definition) is 1. The summed E-state index contributed by atoms with van der Waals surface area (Å²) in [5.74, 6) is 2.51. The molecule has 2 aromatic heterocycles. The zero-order chi connectivity index (χ0) is 19.5. The molecule has 0 amide bonds. The van der Waals surface area contributed by atoms with E-state index in [2.05, 4.69) is 41.6 Å². The van der Waals surface area contributed by atoms with Crippen LogP contribution in [0.1, 0.15) is 54.6 Å². The zero-order valence-electron chi connectivity index (χ0n) is 17.0. The molecule has 2 fully saturated rings. The summed E-state index contributed by atoms with van der Waals surface area (Å²) in [7, 11) is 2.09. The molecule has 2 aliphatic heterocycles. The van der Waals surface area contributed by atoms with Crippen molar-refractivity contribution in [2.24, 2.45) is 7.05 Å². The van der Waals surface area contributed by atoms with Gasteiger partial charge in [0.1, 0.15) is 11.6 Å². The molecule has 0 unspecified atom stereocenters. The first-order chi connectivity index (χ1) is 13.6. The molecule has 28 heavy (non-hydrogen) atoms. The fraction of sp³-hybridized carbons (Fsp3) is 0.700. The number of aryl methyl sites for hydroxylation is 1. The van der Waals surface area contributed by atoms with Crippen LogP contribution in [-0.4, -0.2) is 71.9 Å². The molecule has 4 heterocycles. The molecule has 152 valence electrons. The predicted molar refractivity (Wildman–Crippen MR) is 106 cm³/mol. The Bertz CT molecular complexity index is 785. The van der Waals surface area contributed by atoms with E-state index < -0.39 is 0 Å². The third-order valence-electron chi connectivity index (χ3n) is 6.15. The number of piperidine rings is 2. The van der Waals surface area contributed by atoms with Crippen LogP contribution in [0, 0.1) is 6.92 Å². The molecule has 0 saturated carbocycles. The van der Waals surface area contributed by atoms with Gasteiger partial charge in [-0.05, 0) is 39.2 Å². The Morgan fingerprint density at radius 1 is 1.00 bits per heavy atom. The molecule has 8 heteroatoms. The Kier molecular flexibility index (Phi) is 5.99. The summed E-state index contributed by atoms with van der Waals surface area (Å²) in [6.45, 7) is 7.61. The van der Waals surface area contributed by atoms with Crippen molar-refractivity contribution in [1.29, 1.82) is 0 Å². The number of aromatic nitrogens is 5. The highest BCUT2D eigenvalue weighted by Crippen LogP contribution is 2.27. The normalized spacial score (nSPS) is 22.6. The highest BCUT2D eigenvalue weighted by Gasteiger charge is 2.27. The topological polar surface area (TPSA) is 83.2 Å². The Morgan fingerprint density at radius 2 is 1.79 bits per heavy atom. The van der Waals surface area contributed by atoms with Crippen LogP contribution in [0.4, 0.5) is 0 Å². The van der Waals surface area contributed by atoms with Crippen LogP contribution in [0.3, 0.4) is 0 Å². The van der Waals surface area contributed by atoms with Gasteiger partial charge in [-0.1, -0.05) is 0 Å². The first-order valence-electron chi connectivity index (χ1n) is 10.4. The molecule has 8 nitrogen and oxygen atoms in total. The van der Waals surface area contributed by atoms with Crippen LogP contribution in [0.15, 0.2) is 12.4 Å². The Hall–Kier alpha value is -1.90. The molecule has 1 N–H and O–H groups in total. The highest BCUT2D eigenvalue weighted by molar-refractivity contribution is 5.09. The first-order valence-corrected chi connectivity index (χ1v) is 10.4. The number of nitrogens with zero attached hydrogens (tertiary/aromatic N) is 7. The fourth-order valence-electron chi connectivity index (χ4n) is 4.36. The molecular weight excluding hydrogens is 354 g/mol. The molecule has 0 bridgehead atoms. The van der Waals surface area contributed by atoms with E-state index in [1.165, 1.54) is 0 Å². The van der Waals surface area contributed by atoms with Gasteiger partial charge >= 0.3 is 0 Å². The molecule has 2 saturated heterocycles. The standard InChI is InChI=1S/C20H31N7O/c1-15-18(22-8-7-21-15)13-27-9-3-4-16(12-27)20-24-23-19(25(20)2)14-26-10-5-17(28)6-11-26/h7-8,16-17,28H,3-6,9-14H2,1-2H3/t16-/m0/s1. The smallest absolute Gasteiger partial charge is 0.146 e. The molecule has 0 radical (unpaired) electrons. The van der Waals surface area contributed by atoms with E-state index in [9.17, 15) is 5.11 Å². The van der Waals surface area contributed by atoms with Crippen molar-refractivity contribution in [1.82, 2.24) is 34.5 Å². The fourth-order valence-corrected chi connectivity index (χ4v) is 4.36. The van der Waals surface area contributed by atoms with Crippen LogP contribution >= 0.6 is 0 Å². The van der Waals surface area contributed by atoms with Crippen molar-refractivity contribution in [3.05, 3.63) is 35.4 Å². The monoisotopic (exact) mass is 385 g/mol. The second kappa shape index (κ2) is 8.63. The molecule has 0 aliphatic carbocycles. The van der Waals surface area contributed by atoms with Gasteiger partial charge in [0.2, 0.25) is 0 Å². The van der Waals surface area contributed by atoms with Gasteiger partial charge in [0, 0.05) is 51.5 Å². The van der Waals surface area contributed by atoms with E-state index in [0.29, 0.717) is 5.92 Å². The summed E-state index contributed by atoms with van der Waals surface area (Å²) in [5, 5.41) is 18.8. The molecule has 1 atom stereocenters. The second-order valence-corrected chi connectivity index (χ2v) is 8.20. The number of likely N-dealkylation sites (tertiary alicyclic amines) is 2. The molecule has 0 spiro atoms. The minimum atomic E-state index is -0.141. The van der Waals surface area contributed by atoms with Crippen LogP contribution in [0.25, 0.3) is 0 Å². The van der Waals surface area contributed by atoms with Crippen molar-refractivity contribution in [2.45, 2.75) is 57.7 Å². The maximum atomic E-state index is 9.70. The minimum Gasteiger partial charge on any atom is -0.393 e. The lowest BCUT2D eigenvalue weighted by Gasteiger charge is -2.32. The lowest BCUT2D eigenvalue weighted by atomic mass is 9.97. The third kappa shape index (κ3) is 4.39. The van der Waals surface area contributed by atoms with Gasteiger partial charge in [-0.3, -0.25) is 19.8 Å². The van der Waals surface area contributed by atoms with Crippen LogP contribution < -0.4 is 0 Å². The van der Waals surface area contributed by atoms with E-state index in [1.54, 1.807) is 12.4 Å². The third-order valence-corrected chi connectivity index (χ3v) is 6.15. The van der Waals surface area contributed by atoms with E-state index >= 15 is 0 Å². The molecule has 2 aromatic rings. The zero-order valence-corrected chi connectivity index (χ0v) is 17.0. The molecule has 0 aromatic carbocycles. The summed E-state index contributed by atoms with van der Waals surface area (Å²) >= 11 is 0. The summed E-state index contributed by atoms with van der Waals surface area (Å²) in [4.78, 5) is 13.7. The van der Waals surface area contributed by atoms with Gasteiger partial charge in [-0.25, -0.2) is 0 Å². The second-order valence-electron chi connectivity index (χ2n) is 8.20. The van der Waals surface area contributed by atoms with Crippen LogP contribution in [0.5, 0.6) is 0 Å². The van der Waals surface area contributed by atoms with E-state index in [-0.39, 0.29) is 6.10 Å². The number of hydrogen-bond acceptors (Lipinski definition) is 7. The lowest BCUT2D eigenvalue weighted by Crippen LogP contribution is -2.36. The number of rotatable bonds is 5. The first kappa shape index (κ1) is 19.4. The maximum Gasteiger partial charge on any atom is 0.146 e. The predicted octanol–water partition coefficient (Wildman–Crippen LogP) is 1.25. The number of aliphatic hydroxyl groups excluding tert-OH is 1. The van der Waals surface area contributed by atoms with E-state index in [0.717, 1.165) is 88.0 Å². The van der Waals surface area contributed by atoms with Crippen molar-refractivity contribution in [3.8, 4) is 0 Å². The van der Waals surface area contributed by atoms with Crippen molar-refractivity contribution in [2.75, 3.05) is 26.2 Å². The van der Waals surface area contributed by atoms with Gasteiger partial charge in [0.25, 0.3) is 0 Å². The summed E-state index contributed by atoms with van der Waals surface area (Å²) in [5.41, 5.74) is 2.08. The number of aliphatic hydroxyl groups is 1. The Labute approximate surface area is 166 Å². The lowest BCUT2D eigenvalue weighted by molar-refractivity contribution is 0.0775. The Morgan fingerprint density at radius 3 is 2.57 bits per heavy atom. The van der Waals surface area contributed by atoms with Crippen molar-refractivity contribution >= 4 is 0 Å². The summed E-state index contributed by atoms with van der Waals surface area (Å²) < 4.78 is 2.19. The minimum absolute atomic E-state index is 0.141. The quantitative estimate of drug-likeness (QED) is 0.829. The van der Waals surface area contributed by atoms with Gasteiger partial charge < -0.3 is 9.67 Å². The summed E-state index contributed by atoms with van der Waals surface area (Å²) in [6, 6.07) is 0. The molecule has 4 rings (SSSR count). The van der Waals surface area contributed by atoms with Crippen molar-refractivity contribution < 1.29 is 5.11 Å². The van der Waals surface area contributed by atoms with Gasteiger partial charge in [0.05, 0.1) is 24.0 Å². The SMILES string of the molecule is Cc1nccnc1CN1CCC[C@H](c2nnc(CN3CCC(O)CC3)n2C)C1. The maximum absolute atomic E-state index is 9.70. The van der Waals surface area contributed by atoms with E-state index in [4.69, 9.17) is 0 Å². The van der Waals surface area contributed by atoms with E-state index in [1.807, 2.05) is 6.92 Å². The largest absolute Gasteiger partial charge is 0.393 e. The van der Waals surface area contributed by atoms with Gasteiger partial charge in [-0.15, -0.1) is 10.2 Å². The summed E-state index contributed by atoms with van der Waals surface area (Å²) in [6.07, 6.45) is 7.40. The van der Waals surface area contributed by atoms with Crippen LogP contribution in [0.2, 0.25) is 0 Å².